The fraction of sp³-hybridized carbons (Fsp3) is 0.500. The molecule has 4 nitrogen and oxygen atoms in total. The van der Waals surface area contributed by atoms with Gasteiger partial charge in [0.1, 0.15) is 11.6 Å². The molecule has 0 spiro atoms. The number of hydrogen-bond acceptors (Lipinski definition) is 3. The molecule has 1 aliphatic heterocycles. The Hall–Kier alpha value is -1.69. The Bertz CT molecular complexity index is 502. The number of carbonyl (C=O) groups is 1. The number of nitrogens with one attached hydrogen (secondary N) is 2. The molecule has 1 aliphatic rings. The van der Waals surface area contributed by atoms with Crippen LogP contribution in [0.4, 0.5) is 14.5 Å². The van der Waals surface area contributed by atoms with Gasteiger partial charge in [-0.1, -0.05) is 0 Å². The van der Waals surface area contributed by atoms with E-state index in [2.05, 4.69) is 10.6 Å². The van der Waals surface area contributed by atoms with Crippen LogP contribution in [0.1, 0.15) is 36.5 Å². The van der Waals surface area contributed by atoms with Crippen molar-refractivity contribution in [3.8, 4) is 0 Å². The molecule has 1 fully saturated rings. The van der Waals surface area contributed by atoms with Crippen LogP contribution < -0.4 is 10.6 Å². The second-order valence-electron chi connectivity index (χ2n) is 5.19. The van der Waals surface area contributed by atoms with Crippen molar-refractivity contribution in [2.45, 2.75) is 38.3 Å². The maximum Gasteiger partial charge on any atom is 0.338 e. The minimum atomic E-state index is -1.41. The van der Waals surface area contributed by atoms with E-state index in [0.717, 1.165) is 31.9 Å². The fourth-order valence-electron chi connectivity index (χ4n) is 2.53. The van der Waals surface area contributed by atoms with Gasteiger partial charge >= 0.3 is 5.97 Å². The first-order valence-corrected chi connectivity index (χ1v) is 6.69. The lowest BCUT2D eigenvalue weighted by Gasteiger charge is -2.20. The van der Waals surface area contributed by atoms with Crippen LogP contribution in [0, 0.1) is 11.6 Å². The van der Waals surface area contributed by atoms with Gasteiger partial charge in [0.25, 0.3) is 0 Å². The number of rotatable bonds is 5. The van der Waals surface area contributed by atoms with Crippen molar-refractivity contribution in [2.75, 3.05) is 11.9 Å². The van der Waals surface area contributed by atoms with Gasteiger partial charge in [-0.05, 0) is 38.8 Å². The summed E-state index contributed by atoms with van der Waals surface area (Å²) in [6.45, 7) is 2.88. The average molecular weight is 284 g/mol. The summed E-state index contributed by atoms with van der Waals surface area (Å²) in [5.74, 6) is -3.25. The first-order chi connectivity index (χ1) is 9.47. The molecule has 2 atom stereocenters. The molecule has 1 saturated heterocycles. The summed E-state index contributed by atoms with van der Waals surface area (Å²) in [7, 11) is 0. The smallest absolute Gasteiger partial charge is 0.338 e. The van der Waals surface area contributed by atoms with Crippen LogP contribution in [0.3, 0.4) is 0 Å². The maximum atomic E-state index is 13.7. The molecule has 3 N–H and O–H groups in total. The van der Waals surface area contributed by atoms with E-state index in [9.17, 15) is 13.6 Å². The maximum absolute atomic E-state index is 13.7. The van der Waals surface area contributed by atoms with E-state index in [4.69, 9.17) is 5.11 Å². The average Bonchev–Trinajstić information content (AvgIpc) is 2.84. The number of aromatic carboxylic acids is 1. The Labute approximate surface area is 116 Å². The van der Waals surface area contributed by atoms with Gasteiger partial charge in [-0.15, -0.1) is 0 Å². The lowest BCUT2D eigenvalue weighted by Crippen LogP contribution is -2.29. The highest BCUT2D eigenvalue weighted by molar-refractivity contribution is 5.89. The summed E-state index contributed by atoms with van der Waals surface area (Å²) in [4.78, 5) is 10.8. The molecule has 6 heteroatoms. The highest BCUT2D eigenvalue weighted by Crippen LogP contribution is 2.22. The van der Waals surface area contributed by atoms with Gasteiger partial charge in [-0.3, -0.25) is 0 Å². The van der Waals surface area contributed by atoms with Crippen LogP contribution >= 0.6 is 0 Å². The summed E-state index contributed by atoms with van der Waals surface area (Å²) in [6, 6.07) is 1.96. The molecule has 0 bridgehead atoms. The van der Waals surface area contributed by atoms with Crippen LogP contribution in [0.15, 0.2) is 12.1 Å². The lowest BCUT2D eigenvalue weighted by atomic mass is 10.1. The van der Waals surface area contributed by atoms with Gasteiger partial charge in [0.2, 0.25) is 0 Å². The molecule has 1 heterocycles. The molecule has 1 aromatic carbocycles. The van der Waals surface area contributed by atoms with E-state index in [1.54, 1.807) is 0 Å². The molecule has 0 radical (unpaired) electrons. The van der Waals surface area contributed by atoms with Gasteiger partial charge < -0.3 is 15.7 Å². The third kappa shape index (κ3) is 3.45. The minimum absolute atomic E-state index is 0.0225. The van der Waals surface area contributed by atoms with Crippen LogP contribution in [-0.4, -0.2) is 29.7 Å². The Kier molecular flexibility index (Phi) is 4.54. The van der Waals surface area contributed by atoms with E-state index < -0.39 is 23.2 Å². The largest absolute Gasteiger partial charge is 0.478 e. The number of halogens is 2. The molecule has 20 heavy (non-hydrogen) atoms. The van der Waals surface area contributed by atoms with Crippen molar-refractivity contribution < 1.29 is 18.7 Å². The second kappa shape index (κ2) is 6.17. The summed E-state index contributed by atoms with van der Waals surface area (Å²) < 4.78 is 26.9. The first kappa shape index (κ1) is 14.7. The third-order valence-corrected chi connectivity index (χ3v) is 3.49. The molecule has 110 valence electrons. The lowest BCUT2D eigenvalue weighted by molar-refractivity contribution is 0.0692. The summed E-state index contributed by atoms with van der Waals surface area (Å²) >= 11 is 0. The predicted octanol–water partition coefficient (Wildman–Crippen LogP) is 2.61. The van der Waals surface area contributed by atoms with E-state index in [-0.39, 0.29) is 11.7 Å². The highest BCUT2D eigenvalue weighted by Gasteiger charge is 2.19. The number of carboxylic acid groups (broad SMARTS) is 1. The van der Waals surface area contributed by atoms with Crippen molar-refractivity contribution in [3.63, 3.8) is 0 Å². The van der Waals surface area contributed by atoms with Crippen molar-refractivity contribution in [2.24, 2.45) is 0 Å². The SMILES string of the molecule is CC(CC1CCCN1)Nc1cc(C(=O)O)c(F)cc1F. The quantitative estimate of drug-likeness (QED) is 0.778. The standard InChI is InChI=1S/C14H18F2N2O2/c1-8(5-9-3-2-4-17-9)18-13-6-10(14(19)20)11(15)7-12(13)16/h6-9,17-18H,2-5H2,1H3,(H,19,20). The van der Waals surface area contributed by atoms with Crippen molar-refractivity contribution in [1.29, 1.82) is 0 Å². The molecule has 2 unspecified atom stereocenters. The van der Waals surface area contributed by atoms with Gasteiger partial charge in [-0.2, -0.15) is 0 Å². The van der Waals surface area contributed by atoms with Crippen LogP contribution in [0.25, 0.3) is 0 Å². The van der Waals surface area contributed by atoms with E-state index >= 15 is 0 Å². The molecule has 0 saturated carbocycles. The van der Waals surface area contributed by atoms with Crippen LogP contribution in [0.5, 0.6) is 0 Å². The number of anilines is 1. The zero-order chi connectivity index (χ0) is 14.7. The summed E-state index contributed by atoms with van der Waals surface area (Å²) in [5.41, 5.74) is -0.505. The molecular formula is C14H18F2N2O2. The predicted molar refractivity (Wildman–Crippen MR) is 72.0 cm³/mol. The monoisotopic (exact) mass is 284 g/mol. The molecule has 0 aliphatic carbocycles. The van der Waals surface area contributed by atoms with Gasteiger partial charge in [0, 0.05) is 18.2 Å². The third-order valence-electron chi connectivity index (χ3n) is 3.49. The zero-order valence-corrected chi connectivity index (χ0v) is 11.2. The first-order valence-electron chi connectivity index (χ1n) is 6.69. The van der Waals surface area contributed by atoms with Gasteiger partial charge in [0.05, 0.1) is 11.3 Å². The normalized spacial score (nSPS) is 19.9. The van der Waals surface area contributed by atoms with Gasteiger partial charge in [-0.25, -0.2) is 13.6 Å². The molecule has 0 amide bonds. The zero-order valence-electron chi connectivity index (χ0n) is 11.2. The van der Waals surface area contributed by atoms with Crippen molar-refractivity contribution in [3.05, 3.63) is 29.3 Å². The highest BCUT2D eigenvalue weighted by atomic mass is 19.1. The fourth-order valence-corrected chi connectivity index (χ4v) is 2.53. The minimum Gasteiger partial charge on any atom is -0.478 e. The molecule has 2 rings (SSSR count). The summed E-state index contributed by atoms with van der Waals surface area (Å²) in [6.07, 6.45) is 3.02. The number of carboxylic acids is 1. The number of benzene rings is 1. The van der Waals surface area contributed by atoms with E-state index in [1.807, 2.05) is 6.92 Å². The topological polar surface area (TPSA) is 61.4 Å². The second-order valence-corrected chi connectivity index (χ2v) is 5.19. The van der Waals surface area contributed by atoms with E-state index in [1.165, 1.54) is 0 Å². The Morgan fingerprint density at radius 1 is 1.50 bits per heavy atom. The molecule has 1 aromatic rings. The van der Waals surface area contributed by atoms with Gasteiger partial charge in [0.15, 0.2) is 0 Å². The van der Waals surface area contributed by atoms with Crippen LogP contribution in [0.2, 0.25) is 0 Å². The molecule has 0 aromatic heterocycles. The van der Waals surface area contributed by atoms with Crippen molar-refractivity contribution >= 4 is 11.7 Å². The summed E-state index contributed by atoms with van der Waals surface area (Å²) in [5, 5.41) is 15.1. The Morgan fingerprint density at radius 2 is 2.25 bits per heavy atom. The number of hydrogen-bond donors (Lipinski definition) is 3. The Balaban J connectivity index is 2.07. The van der Waals surface area contributed by atoms with Crippen LogP contribution in [-0.2, 0) is 0 Å². The molecular weight excluding hydrogens is 266 g/mol. The van der Waals surface area contributed by atoms with E-state index in [0.29, 0.717) is 12.1 Å². The Morgan fingerprint density at radius 3 is 2.85 bits per heavy atom. The van der Waals surface area contributed by atoms with Crippen molar-refractivity contribution in [1.82, 2.24) is 5.32 Å².